The summed E-state index contributed by atoms with van der Waals surface area (Å²) in [7, 11) is 0. The van der Waals surface area contributed by atoms with Crippen molar-refractivity contribution in [1.82, 2.24) is 9.13 Å². The van der Waals surface area contributed by atoms with E-state index in [2.05, 4.69) is 208 Å². The van der Waals surface area contributed by atoms with Crippen LogP contribution in [0.15, 0.2) is 194 Å². The fourth-order valence-electron chi connectivity index (χ4n) is 13.7. The van der Waals surface area contributed by atoms with E-state index in [4.69, 9.17) is 0 Å². The van der Waals surface area contributed by atoms with Crippen molar-refractivity contribution in [2.45, 2.75) is 12.0 Å². The Hall–Kier alpha value is -8.08. The lowest BCUT2D eigenvalue weighted by Gasteiger charge is -2.42. The molecule has 4 heteroatoms. The van der Waals surface area contributed by atoms with Gasteiger partial charge >= 0.3 is 0 Å². The summed E-state index contributed by atoms with van der Waals surface area (Å²) in [6, 6.07) is 65.1. The zero-order chi connectivity index (χ0) is 41.1. The Kier molecular flexibility index (Phi) is 5.66. The van der Waals surface area contributed by atoms with Gasteiger partial charge in [0.15, 0.2) is 0 Å². The number of allylic oxidation sites excluding steroid dienone is 2. The maximum atomic E-state index is 2.80. The van der Waals surface area contributed by atoms with Crippen molar-refractivity contribution in [2.75, 3.05) is 4.90 Å². The molecule has 0 N–H and O–H groups in total. The summed E-state index contributed by atoms with van der Waals surface area (Å²) in [5.41, 5.74) is 16.0. The van der Waals surface area contributed by atoms with Gasteiger partial charge in [0.2, 0.25) is 0 Å². The van der Waals surface area contributed by atoms with Crippen LogP contribution in [0.5, 0.6) is 0 Å². The van der Waals surface area contributed by atoms with E-state index in [1.54, 1.807) is 0 Å². The van der Waals surface area contributed by atoms with Gasteiger partial charge in [-0.3, -0.25) is 0 Å². The third kappa shape index (κ3) is 3.56. The molecule has 0 radical (unpaired) electrons. The molecule has 64 heavy (non-hydrogen) atoms. The molecule has 0 saturated carbocycles. The van der Waals surface area contributed by atoms with Crippen LogP contribution in [0.4, 0.5) is 11.4 Å². The average Bonchev–Trinajstić information content (AvgIpc) is 4.00. The van der Waals surface area contributed by atoms with Gasteiger partial charge in [0.1, 0.15) is 0 Å². The molecule has 3 aliphatic heterocycles. The first-order chi connectivity index (χ1) is 31.8. The minimum atomic E-state index is 0.0613. The summed E-state index contributed by atoms with van der Waals surface area (Å²) >= 11 is 0. The Labute approximate surface area is 367 Å². The molecular formula is C60H34BN3. The van der Waals surface area contributed by atoms with Crippen molar-refractivity contribution in [2.24, 2.45) is 0 Å². The van der Waals surface area contributed by atoms with E-state index in [0.717, 1.165) is 0 Å². The molecule has 3 nitrogen and oxygen atoms in total. The molecule has 13 aromatic rings. The van der Waals surface area contributed by atoms with Crippen LogP contribution in [0.25, 0.3) is 109 Å². The Balaban J connectivity index is 1.17. The number of hydrogen-bond donors (Lipinski definition) is 0. The smallest absolute Gasteiger partial charge is 0.252 e. The zero-order valence-corrected chi connectivity index (χ0v) is 34.5. The monoisotopic (exact) mass is 807 g/mol. The normalized spacial score (nSPS) is 16.9. The molecule has 0 spiro atoms. The molecule has 1 aliphatic carbocycles. The van der Waals surface area contributed by atoms with Gasteiger partial charge < -0.3 is 14.0 Å². The Bertz CT molecular complexity index is 4340. The second-order valence-electron chi connectivity index (χ2n) is 18.6. The molecule has 0 bridgehead atoms. The second-order valence-corrected chi connectivity index (χ2v) is 18.6. The molecule has 4 aliphatic rings. The minimum Gasteiger partial charge on any atom is -0.334 e. The summed E-state index contributed by atoms with van der Waals surface area (Å²) in [5, 5.41) is 18.4. The number of benzene rings is 11. The molecule has 11 aromatic carbocycles. The van der Waals surface area contributed by atoms with Gasteiger partial charge in [-0.15, -0.1) is 0 Å². The molecule has 0 amide bonds. The number of para-hydroxylation sites is 5. The standard InChI is InChI=1S/C60H34BN3/c1-3-21-40-34(15-1)44-31-33(62-48-27-9-5-17-36(48)37-18-6-10-28-49(37)62)32-45-35-16-2-4-22-41(35)54-55(52(44)45)53(40)59-56-60(54)64-51-30-12-8-20-39(51)43-24-14-26-47(58(43)64)61(56)46-25-13-23-42-38-19-7-11-29-50(38)63(59)57(42)46/h1-32,38,50H. The lowest BCUT2D eigenvalue weighted by molar-refractivity contribution is 0.747. The van der Waals surface area contributed by atoms with Crippen molar-refractivity contribution in [3.05, 3.63) is 200 Å². The maximum absolute atomic E-state index is 2.80. The highest BCUT2D eigenvalue weighted by molar-refractivity contribution is 7.01. The molecular weight excluding hydrogens is 773 g/mol. The van der Waals surface area contributed by atoms with E-state index in [-0.39, 0.29) is 18.7 Å². The van der Waals surface area contributed by atoms with E-state index in [1.807, 2.05) is 0 Å². The van der Waals surface area contributed by atoms with Crippen molar-refractivity contribution < 1.29 is 0 Å². The van der Waals surface area contributed by atoms with Gasteiger partial charge in [0, 0.05) is 66.2 Å². The number of fused-ring (bicyclic) bond motifs is 21. The molecule has 2 aromatic heterocycles. The first-order valence-electron chi connectivity index (χ1n) is 22.7. The van der Waals surface area contributed by atoms with Crippen LogP contribution >= 0.6 is 0 Å². The van der Waals surface area contributed by atoms with Crippen LogP contribution in [0.3, 0.4) is 0 Å². The van der Waals surface area contributed by atoms with Gasteiger partial charge in [-0.25, -0.2) is 0 Å². The Morgan fingerprint density at radius 1 is 0.375 bits per heavy atom. The van der Waals surface area contributed by atoms with E-state index < -0.39 is 0 Å². The lowest BCUT2D eigenvalue weighted by atomic mass is 9.33. The highest BCUT2D eigenvalue weighted by Gasteiger charge is 2.50. The maximum Gasteiger partial charge on any atom is 0.252 e. The predicted octanol–water partition coefficient (Wildman–Crippen LogP) is 13.0. The summed E-state index contributed by atoms with van der Waals surface area (Å²) in [6.45, 7) is 0.0613. The van der Waals surface area contributed by atoms with Crippen LogP contribution in [0.1, 0.15) is 11.5 Å². The van der Waals surface area contributed by atoms with Gasteiger partial charge in [-0.2, -0.15) is 0 Å². The largest absolute Gasteiger partial charge is 0.334 e. The molecule has 2 unspecified atom stereocenters. The van der Waals surface area contributed by atoms with Gasteiger partial charge in [0.05, 0.1) is 28.3 Å². The van der Waals surface area contributed by atoms with Crippen molar-refractivity contribution in [3.63, 3.8) is 0 Å². The van der Waals surface area contributed by atoms with E-state index >= 15 is 0 Å². The zero-order valence-electron chi connectivity index (χ0n) is 34.5. The van der Waals surface area contributed by atoms with Crippen LogP contribution in [0, 0.1) is 0 Å². The predicted molar refractivity (Wildman–Crippen MR) is 272 cm³/mol. The molecule has 292 valence electrons. The summed E-state index contributed by atoms with van der Waals surface area (Å²) in [6.07, 6.45) is 9.46. The van der Waals surface area contributed by atoms with Crippen molar-refractivity contribution in [3.8, 4) is 11.4 Å². The molecule has 5 heterocycles. The first kappa shape index (κ1) is 32.6. The number of nitrogens with zero attached hydrogens (tertiary/aromatic N) is 3. The van der Waals surface area contributed by atoms with Gasteiger partial charge in [-0.05, 0) is 90.0 Å². The van der Waals surface area contributed by atoms with Crippen molar-refractivity contribution in [1.29, 1.82) is 0 Å². The van der Waals surface area contributed by atoms with Gasteiger partial charge in [0.25, 0.3) is 6.71 Å². The quantitative estimate of drug-likeness (QED) is 0.0915. The first-order valence-corrected chi connectivity index (χ1v) is 22.7. The third-order valence-corrected chi connectivity index (χ3v) is 15.9. The Morgan fingerprint density at radius 2 is 0.906 bits per heavy atom. The minimum absolute atomic E-state index is 0.0613. The molecule has 0 fully saturated rings. The summed E-state index contributed by atoms with van der Waals surface area (Å²) in [5.74, 6) is 0.269. The van der Waals surface area contributed by atoms with Crippen LogP contribution in [0.2, 0.25) is 0 Å². The number of rotatable bonds is 1. The number of aromatic nitrogens is 2. The molecule has 2 atom stereocenters. The van der Waals surface area contributed by atoms with E-state index in [0.29, 0.717) is 0 Å². The van der Waals surface area contributed by atoms with Crippen LogP contribution in [-0.2, 0) is 0 Å². The van der Waals surface area contributed by atoms with Crippen LogP contribution in [-0.4, -0.2) is 21.9 Å². The number of hydrogen-bond acceptors (Lipinski definition) is 1. The lowest BCUT2D eigenvalue weighted by Crippen LogP contribution is -2.61. The van der Waals surface area contributed by atoms with Crippen LogP contribution < -0.4 is 21.3 Å². The molecule has 17 rings (SSSR count). The number of anilines is 2. The fraction of sp³-hybridized carbons (Fsp3) is 0.0333. The summed E-state index contributed by atoms with van der Waals surface area (Å²) < 4.78 is 5.20. The van der Waals surface area contributed by atoms with E-state index in [9.17, 15) is 0 Å². The highest BCUT2D eigenvalue weighted by Crippen LogP contribution is 2.57. The van der Waals surface area contributed by atoms with E-state index in [1.165, 1.54) is 142 Å². The Morgan fingerprint density at radius 3 is 1.59 bits per heavy atom. The SMILES string of the molecule is C1=CC2c3cccc4c3N(c3c5c(c6c7ccccc7c7cc(-n8c9ccccc9c9ccccc98)cc8c9ccccc9c3c6c87)-n3c6ccccc6c6cccc(c63)B45)C2C=C1. The molecule has 0 saturated heterocycles. The summed E-state index contributed by atoms with van der Waals surface area (Å²) in [4.78, 5) is 2.80. The fourth-order valence-corrected chi connectivity index (χ4v) is 13.7. The topological polar surface area (TPSA) is 13.1 Å². The van der Waals surface area contributed by atoms with Gasteiger partial charge in [-0.1, -0.05) is 164 Å². The average molecular weight is 808 g/mol. The third-order valence-electron chi connectivity index (χ3n) is 15.9. The second kappa shape index (κ2) is 11.1. The van der Waals surface area contributed by atoms with Crippen molar-refractivity contribution >= 4 is 132 Å². The highest BCUT2D eigenvalue weighted by atomic mass is 15.2.